The summed E-state index contributed by atoms with van der Waals surface area (Å²) in [5, 5.41) is 11.0. The van der Waals surface area contributed by atoms with Gasteiger partial charge < -0.3 is 14.6 Å². The predicted molar refractivity (Wildman–Crippen MR) is 104 cm³/mol. The van der Waals surface area contributed by atoms with Gasteiger partial charge in [-0.25, -0.2) is 4.39 Å². The lowest BCUT2D eigenvalue weighted by Gasteiger charge is -2.27. The molecule has 2 aromatic rings. The first-order valence-electron chi connectivity index (χ1n) is 9.24. The Hall–Kier alpha value is -1.66. The van der Waals surface area contributed by atoms with Gasteiger partial charge in [0.25, 0.3) is 0 Å². The van der Waals surface area contributed by atoms with E-state index in [1.54, 1.807) is 18.2 Å². The number of hydrogen-bond donors (Lipinski definition) is 1. The fourth-order valence-electron chi connectivity index (χ4n) is 3.27. The van der Waals surface area contributed by atoms with E-state index in [1.165, 1.54) is 12.1 Å². The molecule has 0 spiro atoms. The van der Waals surface area contributed by atoms with E-state index in [4.69, 9.17) is 21.1 Å². The smallest absolute Gasteiger partial charge is 0.138 e. The Morgan fingerprint density at radius 1 is 1.26 bits per heavy atom. The average Bonchev–Trinajstić information content (AvgIpc) is 3.14. The highest BCUT2D eigenvalue weighted by molar-refractivity contribution is 6.32. The molecule has 0 radical (unpaired) electrons. The van der Waals surface area contributed by atoms with Crippen molar-refractivity contribution in [3.8, 4) is 5.75 Å². The summed E-state index contributed by atoms with van der Waals surface area (Å²) in [6.45, 7) is 2.55. The van der Waals surface area contributed by atoms with Crippen molar-refractivity contribution in [3.63, 3.8) is 0 Å². The van der Waals surface area contributed by atoms with Crippen LogP contribution >= 0.6 is 11.6 Å². The molecule has 0 saturated carbocycles. The molecule has 27 heavy (non-hydrogen) atoms. The molecular formula is C21H25ClFNO3. The predicted octanol–water partition coefficient (Wildman–Crippen LogP) is 3.90. The number of rotatable bonds is 9. The molecule has 2 unspecified atom stereocenters. The Morgan fingerprint density at radius 3 is 2.85 bits per heavy atom. The zero-order valence-corrected chi connectivity index (χ0v) is 15.9. The molecular weight excluding hydrogens is 369 g/mol. The third-order valence-electron chi connectivity index (χ3n) is 4.52. The molecule has 1 saturated heterocycles. The summed E-state index contributed by atoms with van der Waals surface area (Å²) in [6.07, 6.45) is 1.51. The molecule has 2 aromatic carbocycles. The monoisotopic (exact) mass is 393 g/mol. The summed E-state index contributed by atoms with van der Waals surface area (Å²) in [5.41, 5.74) is 0.868. The Morgan fingerprint density at radius 2 is 2.11 bits per heavy atom. The van der Waals surface area contributed by atoms with Gasteiger partial charge in [-0.2, -0.15) is 0 Å². The van der Waals surface area contributed by atoms with Gasteiger partial charge in [0.2, 0.25) is 0 Å². The van der Waals surface area contributed by atoms with E-state index in [-0.39, 0.29) is 18.5 Å². The van der Waals surface area contributed by atoms with Crippen molar-refractivity contribution in [1.82, 2.24) is 4.90 Å². The number of aliphatic hydroxyl groups excluding tert-OH is 1. The number of benzene rings is 2. The molecule has 146 valence electrons. The van der Waals surface area contributed by atoms with Crippen molar-refractivity contribution >= 4 is 11.6 Å². The van der Waals surface area contributed by atoms with Crippen LogP contribution in [-0.2, 0) is 11.3 Å². The Kier molecular flexibility index (Phi) is 7.47. The van der Waals surface area contributed by atoms with E-state index < -0.39 is 6.10 Å². The second-order valence-corrected chi connectivity index (χ2v) is 7.26. The zero-order valence-electron chi connectivity index (χ0n) is 15.2. The molecule has 0 amide bonds. The van der Waals surface area contributed by atoms with Gasteiger partial charge in [0, 0.05) is 26.2 Å². The first-order chi connectivity index (χ1) is 13.1. The van der Waals surface area contributed by atoms with E-state index in [9.17, 15) is 9.50 Å². The fraction of sp³-hybridized carbons (Fsp3) is 0.429. The Labute approximate surface area is 164 Å². The highest BCUT2D eigenvalue weighted by Crippen LogP contribution is 2.23. The van der Waals surface area contributed by atoms with Gasteiger partial charge in [0.05, 0.1) is 11.1 Å². The maximum Gasteiger partial charge on any atom is 0.138 e. The van der Waals surface area contributed by atoms with Crippen molar-refractivity contribution in [2.24, 2.45) is 0 Å². The molecule has 1 fully saturated rings. The molecule has 6 heteroatoms. The number of halogens is 2. The number of hydrogen-bond acceptors (Lipinski definition) is 4. The van der Waals surface area contributed by atoms with Crippen molar-refractivity contribution in [2.45, 2.75) is 31.6 Å². The van der Waals surface area contributed by atoms with Crippen molar-refractivity contribution in [2.75, 3.05) is 26.3 Å². The number of para-hydroxylation sites is 1. The van der Waals surface area contributed by atoms with E-state index in [0.29, 0.717) is 30.4 Å². The van der Waals surface area contributed by atoms with Crippen LogP contribution in [0.25, 0.3) is 0 Å². The topological polar surface area (TPSA) is 41.9 Å². The van der Waals surface area contributed by atoms with Crippen molar-refractivity contribution in [1.29, 1.82) is 0 Å². The zero-order chi connectivity index (χ0) is 19.1. The minimum absolute atomic E-state index is 0.134. The van der Waals surface area contributed by atoms with Crippen LogP contribution in [0.3, 0.4) is 0 Å². The van der Waals surface area contributed by atoms with Crippen LogP contribution in [0, 0.1) is 5.82 Å². The standard InChI is InChI=1S/C21H25ClFNO3/c22-20-8-1-2-9-21(20)27-15-18(25)13-24(14-19-7-4-10-26-19)12-16-5-3-6-17(23)11-16/h1-3,5-6,8-9,11,18-19,25H,4,7,10,12-15H2. The molecule has 4 nitrogen and oxygen atoms in total. The van der Waals surface area contributed by atoms with Gasteiger partial charge in [-0.1, -0.05) is 35.9 Å². The first kappa shape index (κ1) is 20.1. The third-order valence-corrected chi connectivity index (χ3v) is 4.83. The first-order valence-corrected chi connectivity index (χ1v) is 9.62. The van der Waals surface area contributed by atoms with Gasteiger partial charge >= 0.3 is 0 Å². The van der Waals surface area contributed by atoms with E-state index >= 15 is 0 Å². The number of nitrogens with zero attached hydrogens (tertiary/aromatic N) is 1. The van der Waals surface area contributed by atoms with Crippen LogP contribution in [0.2, 0.25) is 5.02 Å². The fourth-order valence-corrected chi connectivity index (χ4v) is 3.46. The summed E-state index contributed by atoms with van der Waals surface area (Å²) in [5.74, 6) is 0.293. The molecule has 1 N–H and O–H groups in total. The van der Waals surface area contributed by atoms with Crippen LogP contribution < -0.4 is 4.74 Å². The Balaban J connectivity index is 1.58. The minimum atomic E-state index is -0.698. The van der Waals surface area contributed by atoms with Crippen LogP contribution in [0.15, 0.2) is 48.5 Å². The van der Waals surface area contributed by atoms with Gasteiger partial charge in [0.15, 0.2) is 0 Å². The van der Waals surface area contributed by atoms with Crippen molar-refractivity contribution < 1.29 is 19.0 Å². The molecule has 0 aromatic heterocycles. The maximum absolute atomic E-state index is 13.5. The number of aliphatic hydroxyl groups is 1. The summed E-state index contributed by atoms with van der Waals surface area (Å²) in [4.78, 5) is 2.09. The van der Waals surface area contributed by atoms with Gasteiger partial charge in [-0.15, -0.1) is 0 Å². The quantitative estimate of drug-likeness (QED) is 0.701. The van der Waals surface area contributed by atoms with Gasteiger partial charge in [-0.3, -0.25) is 4.90 Å². The third kappa shape index (κ3) is 6.47. The second-order valence-electron chi connectivity index (χ2n) is 6.85. The lowest BCUT2D eigenvalue weighted by atomic mass is 10.1. The second kappa shape index (κ2) is 10.0. The highest BCUT2D eigenvalue weighted by atomic mass is 35.5. The lowest BCUT2D eigenvalue weighted by molar-refractivity contribution is 0.0313. The molecule has 1 aliphatic rings. The van der Waals surface area contributed by atoms with Crippen LogP contribution in [0.5, 0.6) is 5.75 Å². The van der Waals surface area contributed by atoms with Gasteiger partial charge in [0.1, 0.15) is 24.3 Å². The summed E-state index contributed by atoms with van der Waals surface area (Å²) in [7, 11) is 0. The van der Waals surface area contributed by atoms with E-state index in [0.717, 1.165) is 25.0 Å². The normalized spacial score (nSPS) is 18.0. The average molecular weight is 394 g/mol. The van der Waals surface area contributed by atoms with Gasteiger partial charge in [-0.05, 0) is 42.7 Å². The van der Waals surface area contributed by atoms with E-state index in [2.05, 4.69) is 4.90 Å². The lowest BCUT2D eigenvalue weighted by Crippen LogP contribution is -2.39. The summed E-state index contributed by atoms with van der Waals surface area (Å²) < 4.78 is 24.9. The molecule has 1 aliphatic heterocycles. The molecule has 0 aliphatic carbocycles. The molecule has 3 rings (SSSR count). The molecule has 2 atom stereocenters. The molecule has 0 bridgehead atoms. The van der Waals surface area contributed by atoms with Crippen LogP contribution in [-0.4, -0.2) is 48.5 Å². The highest BCUT2D eigenvalue weighted by Gasteiger charge is 2.21. The van der Waals surface area contributed by atoms with Crippen LogP contribution in [0.4, 0.5) is 4.39 Å². The minimum Gasteiger partial charge on any atom is -0.489 e. The number of ether oxygens (including phenoxy) is 2. The molecule has 1 heterocycles. The summed E-state index contributed by atoms with van der Waals surface area (Å²) in [6, 6.07) is 13.7. The van der Waals surface area contributed by atoms with E-state index in [1.807, 2.05) is 18.2 Å². The summed E-state index contributed by atoms with van der Waals surface area (Å²) >= 11 is 6.08. The SMILES string of the molecule is OC(COc1ccccc1Cl)CN(Cc1cccc(F)c1)CC1CCCO1. The van der Waals surface area contributed by atoms with Crippen LogP contribution in [0.1, 0.15) is 18.4 Å². The van der Waals surface area contributed by atoms with Crippen molar-refractivity contribution in [3.05, 3.63) is 64.9 Å². The Bertz CT molecular complexity index is 724. The largest absolute Gasteiger partial charge is 0.489 e. The maximum atomic E-state index is 13.5.